The van der Waals surface area contributed by atoms with E-state index >= 15 is 0 Å². The molecule has 0 saturated carbocycles. The first-order valence-electron chi connectivity index (χ1n) is 10.2. The van der Waals surface area contributed by atoms with Gasteiger partial charge in [-0.3, -0.25) is 9.59 Å². The Morgan fingerprint density at radius 3 is 2.48 bits per heavy atom. The maximum absolute atomic E-state index is 12.9. The molecule has 0 aliphatic carbocycles. The molecule has 0 fully saturated rings. The Labute approximate surface area is 193 Å². The van der Waals surface area contributed by atoms with Crippen LogP contribution in [0.2, 0.25) is 0 Å². The van der Waals surface area contributed by atoms with Gasteiger partial charge in [0.2, 0.25) is 11.8 Å². The summed E-state index contributed by atoms with van der Waals surface area (Å²) >= 11 is 0. The molecule has 1 rings (SSSR count). The number of benzene rings is 1. The summed E-state index contributed by atoms with van der Waals surface area (Å²) in [6.45, 7) is 6.26. The third kappa shape index (κ3) is 10.5. The van der Waals surface area contributed by atoms with Crippen molar-refractivity contribution in [1.82, 2.24) is 15.5 Å². The van der Waals surface area contributed by atoms with Gasteiger partial charge in [-0.05, 0) is 45.4 Å². The Balaban J connectivity index is 2.98. The first kappa shape index (κ1) is 27.4. The molecule has 182 valence electrons. The smallest absolute Gasteiger partial charge is 0.408 e. The van der Waals surface area contributed by atoms with Crippen molar-refractivity contribution in [3.05, 3.63) is 34.2 Å². The predicted molar refractivity (Wildman–Crippen MR) is 121 cm³/mol. The van der Waals surface area contributed by atoms with Crippen LogP contribution in [0.15, 0.2) is 23.3 Å². The van der Waals surface area contributed by atoms with Crippen LogP contribution in [0.1, 0.15) is 33.3 Å². The largest absolute Gasteiger partial charge is 0.497 e. The van der Waals surface area contributed by atoms with E-state index < -0.39 is 29.6 Å². The maximum atomic E-state index is 12.9. The average Bonchev–Trinajstić information content (AvgIpc) is 2.74. The molecule has 1 aromatic rings. The van der Waals surface area contributed by atoms with Crippen LogP contribution in [0.25, 0.3) is 10.4 Å². The number of carbonyl (C=O) groups excluding carboxylic acids is 3. The van der Waals surface area contributed by atoms with Crippen LogP contribution in [-0.2, 0) is 20.9 Å². The van der Waals surface area contributed by atoms with E-state index in [9.17, 15) is 14.4 Å². The fraction of sp³-hybridized carbons (Fsp3) is 0.571. The fourth-order valence-corrected chi connectivity index (χ4v) is 2.69. The summed E-state index contributed by atoms with van der Waals surface area (Å²) in [7, 11) is 3.01. The average molecular weight is 465 g/mol. The SMILES string of the molecule is COc1ccc(CN(CC(=O)N[C@@H](C)CN=[N+]=[N-])C(=O)CNC(=O)OC(C)(C)C)c(OC)c1. The normalized spacial score (nSPS) is 11.5. The minimum atomic E-state index is -0.745. The van der Waals surface area contributed by atoms with Gasteiger partial charge in [0.05, 0.1) is 20.8 Å². The number of amides is 3. The number of nitrogens with one attached hydrogen (secondary N) is 2. The highest BCUT2D eigenvalue weighted by molar-refractivity contribution is 5.87. The third-order valence-electron chi connectivity index (χ3n) is 4.15. The van der Waals surface area contributed by atoms with Crippen LogP contribution in [0.5, 0.6) is 11.5 Å². The number of methoxy groups -OCH3 is 2. The number of azide groups is 1. The number of hydrogen-bond acceptors (Lipinski definition) is 7. The Morgan fingerprint density at radius 1 is 1.21 bits per heavy atom. The second-order valence-corrected chi connectivity index (χ2v) is 8.17. The number of nitrogens with zero attached hydrogens (tertiary/aromatic N) is 4. The standard InChI is InChI=1S/C21H32N6O6/c1-14(10-24-26-22)25-18(28)13-27(19(29)11-23-20(30)33-21(2,3)4)12-15-7-8-16(31-5)9-17(15)32-6/h7-9,14H,10-13H2,1-6H3,(H,23,30)(H,25,28)/t14-/m0/s1. The molecule has 0 aliphatic heterocycles. The minimum absolute atomic E-state index is 0.0418. The van der Waals surface area contributed by atoms with Crippen LogP contribution >= 0.6 is 0 Å². The lowest BCUT2D eigenvalue weighted by atomic mass is 10.1. The highest BCUT2D eigenvalue weighted by Crippen LogP contribution is 2.25. The van der Waals surface area contributed by atoms with Crippen molar-refractivity contribution in [2.24, 2.45) is 5.11 Å². The molecular weight excluding hydrogens is 432 g/mol. The molecule has 0 aliphatic rings. The molecule has 0 spiro atoms. The van der Waals surface area contributed by atoms with Gasteiger partial charge < -0.3 is 29.7 Å². The van der Waals surface area contributed by atoms with Crippen LogP contribution in [-0.4, -0.2) is 68.3 Å². The first-order chi connectivity index (χ1) is 15.5. The molecule has 1 atom stereocenters. The highest BCUT2D eigenvalue weighted by Gasteiger charge is 2.22. The van der Waals surface area contributed by atoms with E-state index in [1.54, 1.807) is 45.9 Å². The monoisotopic (exact) mass is 464 g/mol. The van der Waals surface area contributed by atoms with Gasteiger partial charge >= 0.3 is 6.09 Å². The number of rotatable bonds is 11. The summed E-state index contributed by atoms with van der Waals surface area (Å²) in [6, 6.07) is 4.68. The molecule has 0 unspecified atom stereocenters. The predicted octanol–water partition coefficient (Wildman–Crippen LogP) is 2.37. The lowest BCUT2D eigenvalue weighted by Crippen LogP contribution is -2.47. The van der Waals surface area contributed by atoms with E-state index in [4.69, 9.17) is 19.7 Å². The zero-order valence-electron chi connectivity index (χ0n) is 19.9. The Morgan fingerprint density at radius 2 is 1.91 bits per heavy atom. The number of hydrogen-bond donors (Lipinski definition) is 2. The van der Waals surface area contributed by atoms with Gasteiger partial charge in [0.25, 0.3) is 0 Å². The molecular formula is C21H32N6O6. The fourth-order valence-electron chi connectivity index (χ4n) is 2.69. The van der Waals surface area contributed by atoms with Crippen molar-refractivity contribution in [2.45, 2.75) is 45.9 Å². The van der Waals surface area contributed by atoms with Crippen molar-refractivity contribution >= 4 is 17.9 Å². The first-order valence-corrected chi connectivity index (χ1v) is 10.2. The summed E-state index contributed by atoms with van der Waals surface area (Å²) < 4.78 is 15.7. The summed E-state index contributed by atoms with van der Waals surface area (Å²) in [6.07, 6.45) is -0.745. The Bertz CT molecular complexity index is 878. The van der Waals surface area contributed by atoms with Gasteiger partial charge in [0.15, 0.2) is 0 Å². The third-order valence-corrected chi connectivity index (χ3v) is 4.15. The van der Waals surface area contributed by atoms with Crippen LogP contribution < -0.4 is 20.1 Å². The van der Waals surface area contributed by atoms with Gasteiger partial charge in [0.1, 0.15) is 23.6 Å². The lowest BCUT2D eigenvalue weighted by molar-refractivity contribution is -0.136. The zero-order chi connectivity index (χ0) is 25.0. The van der Waals surface area contributed by atoms with Gasteiger partial charge in [-0.25, -0.2) is 4.79 Å². The Kier molecular flexibility index (Phi) is 10.8. The Hall–Kier alpha value is -3.66. The molecule has 12 nitrogen and oxygen atoms in total. The summed E-state index contributed by atoms with van der Waals surface area (Å²) in [5.41, 5.74) is 8.34. The van der Waals surface area contributed by atoms with Gasteiger partial charge in [-0.2, -0.15) is 0 Å². The van der Waals surface area contributed by atoms with Gasteiger partial charge in [0, 0.05) is 35.7 Å². The van der Waals surface area contributed by atoms with E-state index in [1.807, 2.05) is 0 Å². The number of alkyl carbamates (subject to hydrolysis) is 1. The van der Waals surface area contributed by atoms with Crippen molar-refractivity contribution < 1.29 is 28.6 Å². The van der Waals surface area contributed by atoms with E-state index in [2.05, 4.69) is 20.7 Å². The van der Waals surface area contributed by atoms with Crippen molar-refractivity contribution in [3.63, 3.8) is 0 Å². The van der Waals surface area contributed by atoms with Crippen molar-refractivity contribution in [2.75, 3.05) is 33.9 Å². The van der Waals surface area contributed by atoms with Crippen LogP contribution in [0.3, 0.4) is 0 Å². The molecule has 0 heterocycles. The zero-order valence-corrected chi connectivity index (χ0v) is 19.9. The van der Waals surface area contributed by atoms with Crippen LogP contribution in [0.4, 0.5) is 4.79 Å². The van der Waals surface area contributed by atoms with E-state index in [-0.39, 0.29) is 26.2 Å². The molecule has 12 heteroatoms. The van der Waals surface area contributed by atoms with Gasteiger partial charge in [-0.15, -0.1) is 0 Å². The minimum Gasteiger partial charge on any atom is -0.497 e. The summed E-state index contributed by atoms with van der Waals surface area (Å²) in [5, 5.41) is 8.49. The number of ether oxygens (including phenoxy) is 3. The van der Waals surface area contributed by atoms with E-state index in [0.717, 1.165) is 0 Å². The lowest BCUT2D eigenvalue weighted by Gasteiger charge is -2.25. The molecule has 3 amide bonds. The van der Waals surface area contributed by atoms with Crippen molar-refractivity contribution in [3.8, 4) is 11.5 Å². The maximum Gasteiger partial charge on any atom is 0.408 e. The topological polar surface area (TPSA) is 155 Å². The molecule has 0 bridgehead atoms. The van der Waals surface area contributed by atoms with E-state index in [1.165, 1.54) is 19.1 Å². The van der Waals surface area contributed by atoms with Crippen molar-refractivity contribution in [1.29, 1.82) is 0 Å². The summed E-state index contributed by atoms with van der Waals surface area (Å²) in [4.78, 5) is 41.2. The van der Waals surface area contributed by atoms with E-state index in [0.29, 0.717) is 17.1 Å². The highest BCUT2D eigenvalue weighted by atomic mass is 16.6. The second kappa shape index (κ2) is 13.0. The number of carbonyl (C=O) groups is 3. The second-order valence-electron chi connectivity index (χ2n) is 8.17. The molecule has 0 aromatic heterocycles. The summed E-state index contributed by atoms with van der Waals surface area (Å²) in [5.74, 6) is 0.0967. The molecule has 33 heavy (non-hydrogen) atoms. The van der Waals surface area contributed by atoms with Gasteiger partial charge in [-0.1, -0.05) is 5.11 Å². The molecule has 0 radical (unpaired) electrons. The molecule has 1 aromatic carbocycles. The molecule has 0 saturated heterocycles. The quantitative estimate of drug-likeness (QED) is 0.291. The van der Waals surface area contributed by atoms with Crippen LogP contribution in [0, 0.1) is 0 Å². The molecule has 2 N–H and O–H groups in total.